The molecule has 0 aliphatic heterocycles. The molecule has 1 aromatic carbocycles. The van der Waals surface area contributed by atoms with Crippen molar-refractivity contribution in [3.05, 3.63) is 39.9 Å². The Kier molecular flexibility index (Phi) is 5.35. The third-order valence-corrected chi connectivity index (χ3v) is 6.43. The van der Waals surface area contributed by atoms with E-state index in [9.17, 15) is 9.59 Å². The Balaban J connectivity index is 1.46. The molecule has 6 nitrogen and oxygen atoms in total. The highest BCUT2D eigenvalue weighted by atomic mass is 32.1. The van der Waals surface area contributed by atoms with Crippen LogP contribution >= 0.6 is 11.3 Å². The summed E-state index contributed by atoms with van der Waals surface area (Å²) in [6.45, 7) is 3.78. The monoisotopic (exact) mass is 398 g/mol. The van der Waals surface area contributed by atoms with Crippen molar-refractivity contribution in [1.29, 1.82) is 0 Å². The van der Waals surface area contributed by atoms with Gasteiger partial charge in [0.05, 0.1) is 5.69 Å². The maximum absolute atomic E-state index is 12.8. The average Bonchev–Trinajstić information content (AvgIpc) is 3.18. The molecule has 3 N–H and O–H groups in total. The number of carbonyl (C=O) groups excluding carboxylic acids is 2. The number of thiazole rings is 1. The minimum Gasteiger partial charge on any atom is -0.359 e. The highest BCUT2D eigenvalue weighted by Crippen LogP contribution is 2.28. The molecule has 2 aliphatic rings. The molecule has 1 heterocycles. The Morgan fingerprint density at radius 1 is 1.04 bits per heavy atom. The van der Waals surface area contributed by atoms with Gasteiger partial charge in [-0.2, -0.15) is 0 Å². The van der Waals surface area contributed by atoms with E-state index in [1.807, 2.05) is 19.9 Å². The number of rotatable bonds is 6. The number of hydrogen-bond donors (Lipinski definition) is 3. The lowest BCUT2D eigenvalue weighted by Crippen LogP contribution is -2.25. The molecule has 2 saturated carbocycles. The summed E-state index contributed by atoms with van der Waals surface area (Å²) in [6.07, 6.45) is 6.91. The van der Waals surface area contributed by atoms with Crippen LogP contribution in [0.2, 0.25) is 0 Å². The van der Waals surface area contributed by atoms with Crippen LogP contribution in [0.25, 0.3) is 0 Å². The molecular formula is C21H26N4O2S. The molecule has 7 heteroatoms. The first-order chi connectivity index (χ1) is 13.5. The Morgan fingerprint density at radius 2 is 1.79 bits per heavy atom. The van der Waals surface area contributed by atoms with Crippen LogP contribution in [0.4, 0.5) is 10.8 Å². The van der Waals surface area contributed by atoms with Crippen molar-refractivity contribution in [3.63, 3.8) is 0 Å². The van der Waals surface area contributed by atoms with Gasteiger partial charge in [-0.1, -0.05) is 30.2 Å². The zero-order valence-electron chi connectivity index (χ0n) is 16.3. The fourth-order valence-corrected chi connectivity index (χ4v) is 4.43. The number of hydrogen-bond acceptors (Lipinski definition) is 5. The van der Waals surface area contributed by atoms with Gasteiger partial charge in [0.25, 0.3) is 11.8 Å². The summed E-state index contributed by atoms with van der Waals surface area (Å²) in [5, 5.41) is 10.2. The highest BCUT2D eigenvalue weighted by molar-refractivity contribution is 7.17. The van der Waals surface area contributed by atoms with Crippen LogP contribution in [-0.2, 0) is 0 Å². The first kappa shape index (κ1) is 18.9. The summed E-state index contributed by atoms with van der Waals surface area (Å²) >= 11 is 1.39. The molecule has 2 fully saturated rings. The molecule has 0 radical (unpaired) electrons. The predicted molar refractivity (Wildman–Crippen MR) is 112 cm³/mol. The quantitative estimate of drug-likeness (QED) is 0.679. The molecule has 28 heavy (non-hydrogen) atoms. The summed E-state index contributed by atoms with van der Waals surface area (Å²) in [7, 11) is 0. The number of aromatic nitrogens is 1. The molecule has 148 valence electrons. The zero-order valence-corrected chi connectivity index (χ0v) is 17.1. The van der Waals surface area contributed by atoms with Crippen molar-refractivity contribution in [2.75, 3.05) is 10.6 Å². The summed E-state index contributed by atoms with van der Waals surface area (Å²) in [5.41, 5.74) is 2.87. The first-order valence-corrected chi connectivity index (χ1v) is 10.8. The van der Waals surface area contributed by atoms with Gasteiger partial charge in [-0.3, -0.25) is 9.59 Å². The number of anilines is 2. The summed E-state index contributed by atoms with van der Waals surface area (Å²) in [6, 6.07) is 6.18. The largest absolute Gasteiger partial charge is 0.359 e. The van der Waals surface area contributed by atoms with E-state index in [1.54, 1.807) is 12.1 Å². The topological polar surface area (TPSA) is 83.1 Å². The van der Waals surface area contributed by atoms with Crippen LogP contribution in [0.3, 0.4) is 0 Å². The van der Waals surface area contributed by atoms with Crippen LogP contribution < -0.4 is 16.0 Å². The van der Waals surface area contributed by atoms with E-state index in [2.05, 4.69) is 20.9 Å². The number of benzene rings is 1. The zero-order chi connectivity index (χ0) is 19.7. The first-order valence-electron chi connectivity index (χ1n) is 9.96. The minimum atomic E-state index is -0.183. The summed E-state index contributed by atoms with van der Waals surface area (Å²) < 4.78 is 0. The maximum atomic E-state index is 12.8. The fourth-order valence-electron chi connectivity index (χ4n) is 3.49. The lowest BCUT2D eigenvalue weighted by atomic mass is 10.1. The van der Waals surface area contributed by atoms with Crippen LogP contribution in [0.15, 0.2) is 18.2 Å². The van der Waals surface area contributed by atoms with Crippen molar-refractivity contribution in [3.8, 4) is 0 Å². The summed E-state index contributed by atoms with van der Waals surface area (Å²) in [4.78, 5) is 30.3. The smallest absolute Gasteiger partial charge is 0.267 e. The van der Waals surface area contributed by atoms with Gasteiger partial charge >= 0.3 is 0 Å². The molecule has 0 saturated heterocycles. The van der Waals surface area contributed by atoms with Crippen LogP contribution in [0, 0.1) is 13.8 Å². The van der Waals surface area contributed by atoms with E-state index in [1.165, 1.54) is 24.2 Å². The second-order valence-corrected chi connectivity index (χ2v) is 8.79. The van der Waals surface area contributed by atoms with E-state index in [0.29, 0.717) is 28.2 Å². The Labute approximate surface area is 169 Å². The van der Waals surface area contributed by atoms with Crippen molar-refractivity contribution in [2.45, 2.75) is 64.5 Å². The van der Waals surface area contributed by atoms with Crippen LogP contribution in [-0.4, -0.2) is 28.9 Å². The van der Waals surface area contributed by atoms with Gasteiger partial charge in [0.1, 0.15) is 4.88 Å². The maximum Gasteiger partial charge on any atom is 0.267 e. The van der Waals surface area contributed by atoms with Gasteiger partial charge in [0, 0.05) is 23.3 Å². The molecule has 2 aromatic rings. The summed E-state index contributed by atoms with van der Waals surface area (Å²) in [5.74, 6) is -0.271. The molecule has 0 spiro atoms. The number of nitrogens with zero attached hydrogens (tertiary/aromatic N) is 1. The fraction of sp³-hybridized carbons (Fsp3) is 0.476. The van der Waals surface area contributed by atoms with Gasteiger partial charge in [0.15, 0.2) is 5.13 Å². The predicted octanol–water partition coefficient (Wildman–Crippen LogP) is 4.26. The van der Waals surface area contributed by atoms with Crippen LogP contribution in [0.5, 0.6) is 0 Å². The third-order valence-electron chi connectivity index (χ3n) is 5.35. The molecule has 0 atom stereocenters. The molecule has 4 rings (SSSR count). The molecule has 0 bridgehead atoms. The van der Waals surface area contributed by atoms with Crippen LogP contribution in [0.1, 0.15) is 69.8 Å². The van der Waals surface area contributed by atoms with E-state index in [0.717, 1.165) is 42.1 Å². The lowest BCUT2D eigenvalue weighted by Gasteiger charge is -2.11. The van der Waals surface area contributed by atoms with Crippen molar-refractivity contribution in [1.82, 2.24) is 10.3 Å². The van der Waals surface area contributed by atoms with Crippen molar-refractivity contribution < 1.29 is 9.59 Å². The van der Waals surface area contributed by atoms with E-state index < -0.39 is 0 Å². The average molecular weight is 399 g/mol. The number of amides is 2. The molecule has 2 aliphatic carbocycles. The molecule has 1 aromatic heterocycles. The Morgan fingerprint density at radius 3 is 2.50 bits per heavy atom. The lowest BCUT2D eigenvalue weighted by molar-refractivity contribution is 0.0949. The van der Waals surface area contributed by atoms with Gasteiger partial charge in [-0.05, 0) is 57.2 Å². The molecular weight excluding hydrogens is 372 g/mol. The van der Waals surface area contributed by atoms with Gasteiger partial charge in [0.2, 0.25) is 0 Å². The Bertz CT molecular complexity index is 898. The van der Waals surface area contributed by atoms with Gasteiger partial charge in [-0.25, -0.2) is 4.98 Å². The van der Waals surface area contributed by atoms with Crippen molar-refractivity contribution in [2.24, 2.45) is 0 Å². The Hall–Kier alpha value is -2.41. The van der Waals surface area contributed by atoms with Crippen molar-refractivity contribution >= 4 is 34.0 Å². The highest BCUT2D eigenvalue weighted by Gasteiger charge is 2.24. The van der Waals surface area contributed by atoms with Gasteiger partial charge < -0.3 is 16.0 Å². The van der Waals surface area contributed by atoms with E-state index >= 15 is 0 Å². The normalized spacial score (nSPS) is 16.8. The standard InChI is InChI=1S/C21H26N4O2S/c1-12-7-8-14(19(26)23-16-9-10-16)11-17(12)25-20(27)18-13(2)22-21(28-18)24-15-5-3-4-6-15/h7-8,11,15-16H,3-6,9-10H2,1-2H3,(H,22,24)(H,23,26)(H,25,27). The molecule has 2 amide bonds. The number of aryl methyl sites for hydroxylation is 2. The number of carbonyl (C=O) groups is 2. The third kappa shape index (κ3) is 4.35. The van der Waals surface area contributed by atoms with Gasteiger partial charge in [-0.15, -0.1) is 0 Å². The SMILES string of the molecule is Cc1ccc(C(=O)NC2CC2)cc1NC(=O)c1sc(NC2CCCC2)nc1C. The van der Waals surface area contributed by atoms with E-state index in [4.69, 9.17) is 0 Å². The minimum absolute atomic E-state index is 0.0879. The second-order valence-electron chi connectivity index (χ2n) is 7.79. The van der Waals surface area contributed by atoms with E-state index in [-0.39, 0.29) is 11.8 Å². The number of nitrogens with one attached hydrogen (secondary N) is 3. The molecule has 0 unspecified atom stereocenters. The second kappa shape index (κ2) is 7.91.